The zero-order chi connectivity index (χ0) is 45.9. The molecule has 0 bridgehead atoms. The third-order valence-electron chi connectivity index (χ3n) is 12.5. The van der Waals surface area contributed by atoms with E-state index in [2.05, 4.69) is 30.6 Å². The highest BCUT2D eigenvalue weighted by atomic mass is 16.6. The van der Waals surface area contributed by atoms with Crippen LogP contribution in [-0.2, 0) is 38.1 Å². The lowest BCUT2D eigenvalue weighted by molar-refractivity contribution is -0.154. The first-order valence-electron chi connectivity index (χ1n) is 26.9. The summed E-state index contributed by atoms with van der Waals surface area (Å²) in [4.78, 5) is 41.6. The van der Waals surface area contributed by atoms with Gasteiger partial charge >= 0.3 is 17.9 Å². The van der Waals surface area contributed by atoms with Crippen LogP contribution in [0.15, 0.2) is 0 Å². The van der Waals surface area contributed by atoms with Crippen molar-refractivity contribution in [1.82, 2.24) is 9.80 Å². The van der Waals surface area contributed by atoms with Crippen LogP contribution in [0.2, 0.25) is 0 Å². The van der Waals surface area contributed by atoms with Gasteiger partial charge in [-0.2, -0.15) is 0 Å². The number of hydrogen-bond donors (Lipinski definition) is 0. The fourth-order valence-corrected chi connectivity index (χ4v) is 8.43. The van der Waals surface area contributed by atoms with Crippen molar-refractivity contribution in [3.63, 3.8) is 0 Å². The van der Waals surface area contributed by atoms with Crippen LogP contribution in [0.3, 0.4) is 0 Å². The minimum absolute atomic E-state index is 0.00913. The van der Waals surface area contributed by atoms with Crippen LogP contribution in [0.1, 0.15) is 252 Å². The summed E-state index contributed by atoms with van der Waals surface area (Å²) in [7, 11) is 4.02. The molecule has 1 heterocycles. The van der Waals surface area contributed by atoms with E-state index in [9.17, 15) is 14.4 Å². The zero-order valence-electron chi connectivity index (χ0n) is 42.1. The zero-order valence-corrected chi connectivity index (χ0v) is 42.1. The van der Waals surface area contributed by atoms with Crippen molar-refractivity contribution in [3.8, 4) is 0 Å². The van der Waals surface area contributed by atoms with Gasteiger partial charge in [-0.1, -0.05) is 162 Å². The Kier molecular flexibility index (Phi) is 41.5. The maximum absolute atomic E-state index is 12.8. The van der Waals surface area contributed by atoms with Crippen molar-refractivity contribution in [1.29, 1.82) is 0 Å². The summed E-state index contributed by atoms with van der Waals surface area (Å²) in [6.07, 6.45) is 38.9. The van der Waals surface area contributed by atoms with Crippen LogP contribution in [0.25, 0.3) is 0 Å². The maximum atomic E-state index is 12.8. The number of rotatable bonds is 47. The quantitative estimate of drug-likeness (QED) is 0.0333. The average Bonchev–Trinajstić information content (AvgIpc) is 3.66. The lowest BCUT2D eigenvalue weighted by Gasteiger charge is -2.23. The molecule has 10 heteroatoms. The number of likely N-dealkylation sites (tertiary alicyclic amines) is 1. The monoisotopic (exact) mass is 895 g/mol. The molecule has 372 valence electrons. The van der Waals surface area contributed by atoms with Gasteiger partial charge in [-0.25, -0.2) is 4.90 Å². The van der Waals surface area contributed by atoms with Crippen molar-refractivity contribution in [2.45, 2.75) is 270 Å². The molecule has 2 unspecified atom stereocenters. The van der Waals surface area contributed by atoms with Gasteiger partial charge < -0.3 is 28.6 Å². The number of hydrogen-bond acceptors (Lipinski definition) is 10. The minimum atomic E-state index is -0.170. The summed E-state index contributed by atoms with van der Waals surface area (Å²) < 4.78 is 29.8. The minimum Gasteiger partial charge on any atom is -0.466 e. The predicted octanol–water partition coefficient (Wildman–Crippen LogP) is 13.7. The highest BCUT2D eigenvalue weighted by molar-refractivity contribution is 5.70. The lowest BCUT2D eigenvalue weighted by Crippen LogP contribution is -2.35. The molecule has 0 aromatic rings. The Bertz CT molecular complexity index is 1030. The van der Waals surface area contributed by atoms with Gasteiger partial charge in [0.2, 0.25) is 0 Å². The van der Waals surface area contributed by atoms with Gasteiger partial charge in [0.15, 0.2) is 0 Å². The largest absolute Gasteiger partial charge is 0.466 e. The highest BCUT2D eigenvalue weighted by Crippen LogP contribution is 2.23. The molecule has 1 saturated heterocycles. The second-order valence-electron chi connectivity index (χ2n) is 19.0. The molecule has 0 amide bonds. The molecule has 1 aliphatic heterocycles. The first-order valence-corrected chi connectivity index (χ1v) is 26.9. The summed E-state index contributed by atoms with van der Waals surface area (Å²) in [5, 5.41) is 0. The number of unbranched alkanes of at least 4 members (excludes halogenated alkanes) is 24. The molecule has 0 N–H and O–H groups in total. The molecule has 2 atom stereocenters. The molecular weight excluding hydrogens is 793 g/mol. The van der Waals surface area contributed by atoms with Crippen LogP contribution in [0, 0.1) is 0 Å². The molecule has 0 aromatic heterocycles. The molecule has 10 nitrogen and oxygen atoms in total. The van der Waals surface area contributed by atoms with Crippen molar-refractivity contribution in [3.05, 3.63) is 0 Å². The van der Waals surface area contributed by atoms with E-state index in [-0.39, 0.29) is 43.1 Å². The highest BCUT2D eigenvalue weighted by Gasteiger charge is 2.34. The van der Waals surface area contributed by atoms with Crippen LogP contribution in [0.5, 0.6) is 0 Å². The molecule has 0 aromatic carbocycles. The number of nitrogens with zero attached hydrogens (tertiary/aromatic N) is 2. The van der Waals surface area contributed by atoms with E-state index in [4.69, 9.17) is 23.7 Å². The van der Waals surface area contributed by atoms with Gasteiger partial charge in [0.1, 0.15) is 19.1 Å². The molecule has 63 heavy (non-hydrogen) atoms. The Morgan fingerprint density at radius 1 is 0.492 bits per heavy atom. The van der Waals surface area contributed by atoms with Crippen LogP contribution in [0.4, 0.5) is 0 Å². The van der Waals surface area contributed by atoms with E-state index in [0.717, 1.165) is 109 Å². The number of carbonyl (C=O) groups excluding carboxylic acids is 3. The van der Waals surface area contributed by atoms with Gasteiger partial charge in [0, 0.05) is 45.4 Å². The number of esters is 3. The van der Waals surface area contributed by atoms with Crippen LogP contribution < -0.4 is 0 Å². The summed E-state index contributed by atoms with van der Waals surface area (Å²) in [5.74, 6) is -0.239. The van der Waals surface area contributed by atoms with Crippen molar-refractivity contribution < 1.29 is 38.1 Å². The van der Waals surface area contributed by atoms with E-state index >= 15 is 0 Å². The normalized spacial score (nSPS) is 15.5. The van der Waals surface area contributed by atoms with E-state index in [0.29, 0.717) is 45.6 Å². The van der Waals surface area contributed by atoms with Crippen molar-refractivity contribution >= 4 is 17.9 Å². The van der Waals surface area contributed by atoms with E-state index in [1.807, 2.05) is 14.1 Å². The van der Waals surface area contributed by atoms with Gasteiger partial charge in [-0.3, -0.25) is 14.4 Å². The standard InChI is InChI=1S/C53H102N2O8/c1-6-9-12-15-18-25-34-44-61-51(56)38-30-23-19-27-33-43-60-50-45-49(46-55(50)47-62-52(57)40-35-41-54(4)5)59-42-32-26-20-24-31-39-53(58)63-48(36-28-21-16-13-10-7-2)37-29-22-17-14-11-8-3/h48-50H,6-47H2,1-5H3. The van der Waals surface area contributed by atoms with E-state index in [1.165, 1.54) is 109 Å². The van der Waals surface area contributed by atoms with Gasteiger partial charge in [0.05, 0.1) is 12.7 Å². The Labute approximate surface area is 388 Å². The molecule has 0 radical (unpaired) electrons. The lowest BCUT2D eigenvalue weighted by atomic mass is 10.0. The molecule has 1 aliphatic rings. The van der Waals surface area contributed by atoms with Gasteiger partial charge in [0.25, 0.3) is 0 Å². The fraction of sp³-hybridized carbons (Fsp3) is 0.943. The topological polar surface area (TPSA) is 104 Å². The van der Waals surface area contributed by atoms with Gasteiger partial charge in [-0.05, 0) is 84.8 Å². The Morgan fingerprint density at radius 3 is 1.46 bits per heavy atom. The van der Waals surface area contributed by atoms with Crippen molar-refractivity contribution in [2.24, 2.45) is 0 Å². The Morgan fingerprint density at radius 2 is 0.921 bits per heavy atom. The molecule has 0 saturated carbocycles. The maximum Gasteiger partial charge on any atom is 0.307 e. The fourth-order valence-electron chi connectivity index (χ4n) is 8.43. The number of ether oxygens (including phenoxy) is 5. The summed E-state index contributed by atoms with van der Waals surface area (Å²) in [5.41, 5.74) is 0. The molecule has 1 rings (SSSR count). The second kappa shape index (κ2) is 44.1. The molecule has 1 fully saturated rings. The summed E-state index contributed by atoms with van der Waals surface area (Å²) >= 11 is 0. The SMILES string of the molecule is CCCCCCCCCOC(=O)CCCCCCCOC1CC(OCCCCCCCC(=O)OC(CCCCCCCC)CCCCCCCC)CN1COC(=O)CCCN(C)C. The van der Waals surface area contributed by atoms with Crippen molar-refractivity contribution in [2.75, 3.05) is 53.7 Å². The summed E-state index contributed by atoms with van der Waals surface area (Å²) in [6.45, 7) is 10.4. The van der Waals surface area contributed by atoms with E-state index in [1.54, 1.807) is 0 Å². The average molecular weight is 895 g/mol. The molecule has 0 aliphatic carbocycles. The van der Waals surface area contributed by atoms with Crippen LogP contribution >= 0.6 is 0 Å². The molecular formula is C53H102N2O8. The third-order valence-corrected chi connectivity index (χ3v) is 12.5. The number of carbonyl (C=O) groups is 3. The second-order valence-corrected chi connectivity index (χ2v) is 19.0. The van der Waals surface area contributed by atoms with E-state index < -0.39 is 0 Å². The Balaban J connectivity index is 2.33. The van der Waals surface area contributed by atoms with Gasteiger partial charge in [-0.15, -0.1) is 0 Å². The predicted molar refractivity (Wildman–Crippen MR) is 260 cm³/mol. The Hall–Kier alpha value is -1.75. The molecule has 0 spiro atoms. The smallest absolute Gasteiger partial charge is 0.307 e. The third kappa shape index (κ3) is 38.1. The first-order chi connectivity index (χ1) is 30.8. The first kappa shape index (κ1) is 59.3. The van der Waals surface area contributed by atoms with Crippen LogP contribution in [-0.4, -0.2) is 99.9 Å². The summed E-state index contributed by atoms with van der Waals surface area (Å²) in [6, 6.07) is 0.